The van der Waals surface area contributed by atoms with Crippen molar-refractivity contribution in [1.82, 2.24) is 4.90 Å². The summed E-state index contributed by atoms with van der Waals surface area (Å²) in [5.74, 6) is -0.357. The molecule has 4 nitrogen and oxygen atoms in total. The van der Waals surface area contributed by atoms with E-state index in [1.54, 1.807) is 6.20 Å². The number of nitrogens with zero attached hydrogens (tertiary/aromatic N) is 2. The van der Waals surface area contributed by atoms with E-state index in [1.807, 2.05) is 37.3 Å². The fourth-order valence-corrected chi connectivity index (χ4v) is 2.05. The monoisotopic (exact) mass is 299 g/mol. The largest absolute Gasteiger partial charge is 0.376 e. The van der Waals surface area contributed by atoms with Crippen LogP contribution in [-0.2, 0) is 4.79 Å². The molecule has 0 aliphatic heterocycles. The van der Waals surface area contributed by atoms with Crippen LogP contribution in [0, 0.1) is 18.3 Å². The second kappa shape index (κ2) is 9.62. The van der Waals surface area contributed by atoms with Gasteiger partial charge in [-0.05, 0) is 31.9 Å². The van der Waals surface area contributed by atoms with E-state index >= 15 is 0 Å². The molecule has 1 amide bonds. The third kappa shape index (κ3) is 6.01. The molecule has 1 N–H and O–H groups in total. The topological polar surface area (TPSA) is 56.1 Å². The molecular formula is C18H25N3O. The fraction of sp³-hybridized carbons (Fsp3) is 0.444. The SMILES string of the molecule is CCCCN(/C=C(/C#N)C(=O)Nc1ccc(C)cc1)CCC. The molecule has 0 aliphatic rings. The highest BCUT2D eigenvalue weighted by Crippen LogP contribution is 2.11. The van der Waals surface area contributed by atoms with Gasteiger partial charge in [-0.15, -0.1) is 0 Å². The Bertz CT molecular complexity index is 540. The maximum absolute atomic E-state index is 12.2. The Balaban J connectivity index is 2.78. The summed E-state index contributed by atoms with van der Waals surface area (Å²) in [5, 5.41) is 12.0. The van der Waals surface area contributed by atoms with Crippen LogP contribution in [0.2, 0.25) is 0 Å². The van der Waals surface area contributed by atoms with E-state index in [-0.39, 0.29) is 11.5 Å². The summed E-state index contributed by atoms with van der Waals surface area (Å²) < 4.78 is 0. The number of amides is 1. The minimum Gasteiger partial charge on any atom is -0.376 e. The second-order valence-corrected chi connectivity index (χ2v) is 5.36. The first kappa shape index (κ1) is 17.8. The number of carbonyl (C=O) groups excluding carboxylic acids is 1. The third-order valence-electron chi connectivity index (χ3n) is 3.30. The lowest BCUT2D eigenvalue weighted by molar-refractivity contribution is -0.112. The highest BCUT2D eigenvalue weighted by Gasteiger charge is 2.11. The lowest BCUT2D eigenvalue weighted by Crippen LogP contribution is -2.23. The standard InChI is InChI=1S/C18H25N3O/c1-4-6-12-21(11-5-2)14-16(13-19)18(22)20-17-9-7-15(3)8-10-17/h7-10,14H,4-6,11-12H2,1-3H3,(H,20,22)/b16-14-. The highest BCUT2D eigenvalue weighted by atomic mass is 16.1. The van der Waals surface area contributed by atoms with Crippen LogP contribution in [0.25, 0.3) is 0 Å². The molecule has 1 rings (SSSR count). The Kier molecular flexibility index (Phi) is 7.77. The minimum atomic E-state index is -0.357. The van der Waals surface area contributed by atoms with Crippen LogP contribution < -0.4 is 5.32 Å². The number of benzene rings is 1. The molecule has 0 spiro atoms. The van der Waals surface area contributed by atoms with Crippen LogP contribution in [0.4, 0.5) is 5.69 Å². The van der Waals surface area contributed by atoms with Gasteiger partial charge in [-0.25, -0.2) is 0 Å². The van der Waals surface area contributed by atoms with Crippen molar-refractivity contribution in [2.24, 2.45) is 0 Å². The maximum Gasteiger partial charge on any atom is 0.267 e. The molecule has 4 heteroatoms. The van der Waals surface area contributed by atoms with Gasteiger partial charge in [-0.2, -0.15) is 5.26 Å². The van der Waals surface area contributed by atoms with Crippen molar-refractivity contribution in [1.29, 1.82) is 5.26 Å². The smallest absolute Gasteiger partial charge is 0.267 e. The Hall–Kier alpha value is -2.28. The molecular weight excluding hydrogens is 274 g/mol. The normalized spacial score (nSPS) is 10.9. The van der Waals surface area contributed by atoms with Crippen molar-refractivity contribution in [3.8, 4) is 6.07 Å². The zero-order valence-corrected chi connectivity index (χ0v) is 13.7. The number of hydrogen-bond acceptors (Lipinski definition) is 3. The summed E-state index contributed by atoms with van der Waals surface area (Å²) in [6.07, 6.45) is 4.81. The summed E-state index contributed by atoms with van der Waals surface area (Å²) in [6.45, 7) is 7.92. The van der Waals surface area contributed by atoms with E-state index in [9.17, 15) is 10.1 Å². The molecule has 1 aromatic rings. The molecule has 0 atom stereocenters. The lowest BCUT2D eigenvalue weighted by atomic mass is 10.2. The minimum absolute atomic E-state index is 0.144. The van der Waals surface area contributed by atoms with Gasteiger partial charge in [0, 0.05) is 25.0 Å². The number of unbranched alkanes of at least 4 members (excludes halogenated alkanes) is 1. The van der Waals surface area contributed by atoms with Crippen molar-refractivity contribution in [2.45, 2.75) is 40.0 Å². The van der Waals surface area contributed by atoms with E-state index in [1.165, 1.54) is 0 Å². The van der Waals surface area contributed by atoms with Crippen LogP contribution in [0.3, 0.4) is 0 Å². The van der Waals surface area contributed by atoms with E-state index in [0.29, 0.717) is 5.69 Å². The molecule has 0 aliphatic carbocycles. The molecule has 0 unspecified atom stereocenters. The number of nitrogens with one attached hydrogen (secondary N) is 1. The van der Waals surface area contributed by atoms with Gasteiger partial charge >= 0.3 is 0 Å². The fourth-order valence-electron chi connectivity index (χ4n) is 2.05. The van der Waals surface area contributed by atoms with Crippen molar-refractivity contribution in [3.63, 3.8) is 0 Å². The van der Waals surface area contributed by atoms with E-state index in [4.69, 9.17) is 0 Å². The van der Waals surface area contributed by atoms with Gasteiger partial charge in [-0.3, -0.25) is 4.79 Å². The zero-order valence-electron chi connectivity index (χ0n) is 13.7. The van der Waals surface area contributed by atoms with Crippen LogP contribution in [0.1, 0.15) is 38.7 Å². The quantitative estimate of drug-likeness (QED) is 0.586. The van der Waals surface area contributed by atoms with Crippen molar-refractivity contribution in [3.05, 3.63) is 41.6 Å². The van der Waals surface area contributed by atoms with Crippen LogP contribution in [0.5, 0.6) is 0 Å². The second-order valence-electron chi connectivity index (χ2n) is 5.36. The van der Waals surface area contributed by atoms with Crippen LogP contribution in [-0.4, -0.2) is 23.9 Å². The molecule has 0 heterocycles. The van der Waals surface area contributed by atoms with E-state index in [2.05, 4.69) is 24.1 Å². The zero-order chi connectivity index (χ0) is 16.4. The molecule has 118 valence electrons. The number of anilines is 1. The van der Waals surface area contributed by atoms with Crippen molar-refractivity contribution in [2.75, 3.05) is 18.4 Å². The Morgan fingerprint density at radius 1 is 1.23 bits per heavy atom. The number of nitriles is 1. The van der Waals surface area contributed by atoms with Gasteiger partial charge in [0.15, 0.2) is 0 Å². The number of rotatable bonds is 8. The Labute approximate surface area is 133 Å². The predicted molar refractivity (Wildman–Crippen MR) is 90.3 cm³/mol. The Morgan fingerprint density at radius 3 is 2.45 bits per heavy atom. The predicted octanol–water partition coefficient (Wildman–Crippen LogP) is 3.85. The molecule has 1 aromatic carbocycles. The number of carbonyl (C=O) groups is 1. The van der Waals surface area contributed by atoms with E-state index < -0.39 is 0 Å². The van der Waals surface area contributed by atoms with Crippen LogP contribution in [0.15, 0.2) is 36.0 Å². The summed E-state index contributed by atoms with van der Waals surface area (Å²) >= 11 is 0. The first-order valence-corrected chi connectivity index (χ1v) is 7.84. The summed E-state index contributed by atoms with van der Waals surface area (Å²) in [6, 6.07) is 9.53. The van der Waals surface area contributed by atoms with Crippen LogP contribution >= 0.6 is 0 Å². The first-order valence-electron chi connectivity index (χ1n) is 7.84. The summed E-state index contributed by atoms with van der Waals surface area (Å²) in [5.41, 5.74) is 1.97. The highest BCUT2D eigenvalue weighted by molar-refractivity contribution is 6.06. The van der Waals surface area contributed by atoms with Crippen molar-refractivity contribution >= 4 is 11.6 Å². The van der Waals surface area contributed by atoms with Gasteiger partial charge < -0.3 is 10.2 Å². The Morgan fingerprint density at radius 2 is 1.91 bits per heavy atom. The van der Waals surface area contributed by atoms with Gasteiger partial charge in [0.2, 0.25) is 0 Å². The van der Waals surface area contributed by atoms with Gasteiger partial charge in [0.05, 0.1) is 0 Å². The van der Waals surface area contributed by atoms with E-state index in [0.717, 1.165) is 37.9 Å². The molecule has 0 fully saturated rings. The third-order valence-corrected chi connectivity index (χ3v) is 3.30. The number of hydrogen-bond donors (Lipinski definition) is 1. The molecule has 22 heavy (non-hydrogen) atoms. The summed E-state index contributed by atoms with van der Waals surface area (Å²) in [4.78, 5) is 14.3. The average Bonchev–Trinajstić information content (AvgIpc) is 2.52. The molecule has 0 saturated carbocycles. The average molecular weight is 299 g/mol. The summed E-state index contributed by atoms with van der Waals surface area (Å²) in [7, 11) is 0. The maximum atomic E-state index is 12.2. The molecule has 0 aromatic heterocycles. The molecule has 0 radical (unpaired) electrons. The van der Waals surface area contributed by atoms with Gasteiger partial charge in [0.1, 0.15) is 11.6 Å². The van der Waals surface area contributed by atoms with Gasteiger partial charge in [0.25, 0.3) is 5.91 Å². The molecule has 0 saturated heterocycles. The lowest BCUT2D eigenvalue weighted by Gasteiger charge is -2.19. The van der Waals surface area contributed by atoms with Gasteiger partial charge in [-0.1, -0.05) is 38.0 Å². The molecule has 0 bridgehead atoms. The van der Waals surface area contributed by atoms with Crippen molar-refractivity contribution < 1.29 is 4.79 Å². The number of aryl methyl sites for hydroxylation is 1. The first-order chi connectivity index (χ1) is 10.6.